The Kier molecular flexibility index (Phi) is 6.55. The molecule has 3 N–H and O–H groups in total. The number of furan rings is 1. The third-order valence-electron chi connectivity index (χ3n) is 7.38. The maximum absolute atomic E-state index is 12.3. The van der Waals surface area contributed by atoms with Crippen LogP contribution in [0.5, 0.6) is 0 Å². The van der Waals surface area contributed by atoms with Gasteiger partial charge in [0.25, 0.3) is 0 Å². The summed E-state index contributed by atoms with van der Waals surface area (Å²) in [6, 6.07) is 13.2. The zero-order valence-electron chi connectivity index (χ0n) is 20.3. The lowest BCUT2D eigenvalue weighted by Gasteiger charge is -2.38. The van der Waals surface area contributed by atoms with E-state index in [0.717, 1.165) is 60.9 Å². The summed E-state index contributed by atoms with van der Waals surface area (Å²) >= 11 is 0. The first-order chi connectivity index (χ1) is 17.4. The molecule has 188 valence electrons. The molecule has 2 aromatic heterocycles. The topological polar surface area (TPSA) is 116 Å². The minimum Gasteiger partial charge on any atom is -0.478 e. The van der Waals surface area contributed by atoms with Crippen LogP contribution < -0.4 is 0 Å². The predicted octanol–water partition coefficient (Wildman–Crippen LogP) is 4.71. The summed E-state index contributed by atoms with van der Waals surface area (Å²) in [5, 5.41) is 22.3. The van der Waals surface area contributed by atoms with E-state index in [1.165, 1.54) is 13.4 Å². The van der Waals surface area contributed by atoms with Gasteiger partial charge in [0.15, 0.2) is 0 Å². The molecule has 0 atom stereocenters. The molecule has 3 heterocycles. The van der Waals surface area contributed by atoms with E-state index in [9.17, 15) is 19.8 Å². The number of carboxylic acids is 1. The molecule has 1 saturated heterocycles. The number of H-pyrrole nitrogens is 1. The van der Waals surface area contributed by atoms with Gasteiger partial charge in [-0.25, -0.2) is 9.59 Å². The molecule has 0 aliphatic carbocycles. The molecule has 0 bridgehead atoms. The number of likely N-dealkylation sites (tertiary alicyclic amines) is 1. The Morgan fingerprint density at radius 3 is 2.64 bits per heavy atom. The maximum Gasteiger partial charge on any atom is 0.354 e. The number of nitrogens with one attached hydrogen (secondary N) is 1. The number of carbonyl (C=O) groups is 2. The summed E-state index contributed by atoms with van der Waals surface area (Å²) in [5.74, 6) is -1.39. The number of aromatic amines is 1. The van der Waals surface area contributed by atoms with Gasteiger partial charge in [0, 0.05) is 29.4 Å². The molecule has 8 heteroatoms. The number of carboxylic acid groups (broad SMARTS) is 1. The van der Waals surface area contributed by atoms with Crippen molar-refractivity contribution < 1.29 is 29.0 Å². The Labute approximate surface area is 208 Å². The van der Waals surface area contributed by atoms with Gasteiger partial charge in [-0.1, -0.05) is 24.3 Å². The van der Waals surface area contributed by atoms with Crippen molar-refractivity contribution in [3.8, 4) is 0 Å². The summed E-state index contributed by atoms with van der Waals surface area (Å²) < 4.78 is 10.3. The van der Waals surface area contributed by atoms with Gasteiger partial charge in [-0.05, 0) is 68.0 Å². The standard InChI is InChI=1S/C28H30N2O6/c1-35-27(33)25-20(19-6-2-3-8-23(19)29-25)7-4-5-13-30-14-11-28(34,12-15-30)18-9-10-24-21(16-18)22(17-36-24)26(31)32/h2-3,6,8-10,16-17,29,34H,4-5,7,11-15H2,1H3,(H,31,32). The Bertz CT molecular complexity index is 1410. The highest BCUT2D eigenvalue weighted by atomic mass is 16.5. The van der Waals surface area contributed by atoms with Crippen LogP contribution in [-0.4, -0.2) is 58.8 Å². The average molecular weight is 491 g/mol. The number of para-hydroxylation sites is 1. The summed E-state index contributed by atoms with van der Waals surface area (Å²) in [6.07, 6.45) is 5.08. The third kappa shape index (κ3) is 4.50. The number of aromatic nitrogens is 1. The fourth-order valence-electron chi connectivity index (χ4n) is 5.29. The molecule has 0 radical (unpaired) electrons. The van der Waals surface area contributed by atoms with Gasteiger partial charge in [0.1, 0.15) is 23.1 Å². The van der Waals surface area contributed by atoms with Crippen LogP contribution in [0.1, 0.15) is 57.7 Å². The van der Waals surface area contributed by atoms with Crippen LogP contribution in [0, 0.1) is 0 Å². The zero-order chi connectivity index (χ0) is 25.3. The minimum atomic E-state index is -1.04. The molecule has 0 saturated carbocycles. The second kappa shape index (κ2) is 9.79. The smallest absolute Gasteiger partial charge is 0.354 e. The normalized spacial score (nSPS) is 15.9. The molecule has 1 fully saturated rings. The second-order valence-electron chi connectivity index (χ2n) is 9.51. The zero-order valence-corrected chi connectivity index (χ0v) is 20.3. The van der Waals surface area contributed by atoms with Crippen molar-refractivity contribution in [3.63, 3.8) is 0 Å². The maximum atomic E-state index is 12.3. The molecule has 1 aliphatic rings. The summed E-state index contributed by atoms with van der Waals surface area (Å²) in [5.41, 5.74) is 2.82. The summed E-state index contributed by atoms with van der Waals surface area (Å²) in [4.78, 5) is 29.3. The van der Waals surface area contributed by atoms with Crippen molar-refractivity contribution >= 4 is 33.8 Å². The number of methoxy groups -OCH3 is 1. The van der Waals surface area contributed by atoms with E-state index in [4.69, 9.17) is 9.15 Å². The van der Waals surface area contributed by atoms with E-state index in [-0.39, 0.29) is 11.5 Å². The first-order valence-corrected chi connectivity index (χ1v) is 12.3. The number of carbonyl (C=O) groups excluding carboxylic acids is 1. The molecule has 0 unspecified atom stereocenters. The van der Waals surface area contributed by atoms with Gasteiger partial charge < -0.3 is 29.3 Å². The number of hydrogen-bond donors (Lipinski definition) is 3. The monoisotopic (exact) mass is 490 g/mol. The van der Waals surface area contributed by atoms with E-state index < -0.39 is 11.6 Å². The Morgan fingerprint density at radius 2 is 1.89 bits per heavy atom. The van der Waals surface area contributed by atoms with Gasteiger partial charge in [0.05, 0.1) is 12.7 Å². The quantitative estimate of drug-likeness (QED) is 0.242. The number of nitrogens with zero attached hydrogens (tertiary/aromatic N) is 1. The lowest BCUT2D eigenvalue weighted by atomic mass is 9.83. The van der Waals surface area contributed by atoms with E-state index in [1.807, 2.05) is 30.3 Å². The number of ether oxygens (including phenoxy) is 1. The largest absolute Gasteiger partial charge is 0.478 e. The molecule has 36 heavy (non-hydrogen) atoms. The van der Waals surface area contributed by atoms with Crippen LogP contribution in [0.25, 0.3) is 21.9 Å². The molecule has 4 aromatic rings. The number of hydrogen-bond acceptors (Lipinski definition) is 6. The van der Waals surface area contributed by atoms with Gasteiger partial charge in [0.2, 0.25) is 0 Å². The lowest BCUT2D eigenvalue weighted by molar-refractivity contribution is -0.0259. The van der Waals surface area contributed by atoms with Gasteiger partial charge >= 0.3 is 11.9 Å². The number of fused-ring (bicyclic) bond motifs is 2. The van der Waals surface area contributed by atoms with Crippen LogP contribution in [0.2, 0.25) is 0 Å². The number of esters is 1. The number of piperidine rings is 1. The Hall–Kier alpha value is -3.62. The van der Waals surface area contributed by atoms with Gasteiger partial charge in [-0.15, -0.1) is 0 Å². The van der Waals surface area contributed by atoms with Gasteiger partial charge in [-0.2, -0.15) is 0 Å². The highest BCUT2D eigenvalue weighted by Crippen LogP contribution is 2.35. The van der Waals surface area contributed by atoms with E-state index in [1.54, 1.807) is 12.1 Å². The first-order valence-electron chi connectivity index (χ1n) is 12.3. The molecule has 0 amide bonds. The van der Waals surface area contributed by atoms with Crippen LogP contribution in [-0.2, 0) is 16.8 Å². The lowest BCUT2D eigenvalue weighted by Crippen LogP contribution is -2.42. The van der Waals surface area contributed by atoms with Crippen molar-refractivity contribution in [3.05, 3.63) is 71.1 Å². The fourth-order valence-corrected chi connectivity index (χ4v) is 5.29. The molecule has 2 aromatic carbocycles. The Morgan fingerprint density at radius 1 is 1.11 bits per heavy atom. The third-order valence-corrected chi connectivity index (χ3v) is 7.38. The highest BCUT2D eigenvalue weighted by molar-refractivity contribution is 6.02. The van der Waals surface area contributed by atoms with E-state index in [0.29, 0.717) is 29.5 Å². The molecule has 8 nitrogen and oxygen atoms in total. The van der Waals surface area contributed by atoms with Crippen molar-refractivity contribution in [1.29, 1.82) is 0 Å². The van der Waals surface area contributed by atoms with Gasteiger partial charge in [-0.3, -0.25) is 0 Å². The van der Waals surface area contributed by atoms with Crippen LogP contribution in [0.15, 0.2) is 53.1 Å². The summed E-state index contributed by atoms with van der Waals surface area (Å²) in [7, 11) is 1.40. The molecular formula is C28H30N2O6. The highest BCUT2D eigenvalue weighted by Gasteiger charge is 2.34. The van der Waals surface area contributed by atoms with Crippen molar-refractivity contribution in [1.82, 2.24) is 9.88 Å². The van der Waals surface area contributed by atoms with Crippen LogP contribution >= 0.6 is 0 Å². The van der Waals surface area contributed by atoms with Crippen LogP contribution in [0.4, 0.5) is 0 Å². The number of aromatic carboxylic acids is 1. The number of unbranched alkanes of at least 4 members (excludes halogenated alkanes) is 1. The number of aryl methyl sites for hydroxylation is 1. The van der Waals surface area contributed by atoms with Crippen molar-refractivity contribution in [2.24, 2.45) is 0 Å². The number of benzene rings is 2. The second-order valence-corrected chi connectivity index (χ2v) is 9.51. The molecule has 1 aliphatic heterocycles. The van der Waals surface area contributed by atoms with E-state index in [2.05, 4.69) is 9.88 Å². The van der Waals surface area contributed by atoms with E-state index >= 15 is 0 Å². The predicted molar refractivity (Wildman–Crippen MR) is 135 cm³/mol. The van der Waals surface area contributed by atoms with Crippen molar-refractivity contribution in [2.45, 2.75) is 37.7 Å². The fraction of sp³-hybridized carbons (Fsp3) is 0.357. The summed E-state index contributed by atoms with van der Waals surface area (Å²) in [6.45, 7) is 2.42. The SMILES string of the molecule is COC(=O)c1[nH]c2ccccc2c1CCCCN1CCC(O)(c2ccc3occ(C(=O)O)c3c2)CC1. The Balaban J connectivity index is 1.18. The number of aliphatic hydroxyl groups is 1. The average Bonchev–Trinajstić information content (AvgIpc) is 3.49. The molecule has 0 spiro atoms. The van der Waals surface area contributed by atoms with Crippen LogP contribution in [0.3, 0.4) is 0 Å². The minimum absolute atomic E-state index is 0.110. The first kappa shape index (κ1) is 24.1. The van der Waals surface area contributed by atoms with Crippen molar-refractivity contribution in [2.75, 3.05) is 26.7 Å². The number of rotatable bonds is 8. The molecular weight excluding hydrogens is 460 g/mol. The molecule has 5 rings (SSSR count).